The molecule has 1 aromatic carbocycles. The van der Waals surface area contributed by atoms with Gasteiger partial charge in [-0.15, -0.1) is 11.8 Å². The van der Waals surface area contributed by atoms with Crippen LogP contribution < -0.4 is 16.4 Å². The van der Waals surface area contributed by atoms with Crippen molar-refractivity contribution in [3.63, 3.8) is 0 Å². The van der Waals surface area contributed by atoms with Crippen LogP contribution in [0.3, 0.4) is 0 Å². The van der Waals surface area contributed by atoms with E-state index >= 15 is 0 Å². The van der Waals surface area contributed by atoms with Gasteiger partial charge in [0.15, 0.2) is 0 Å². The van der Waals surface area contributed by atoms with E-state index < -0.39 is 65.6 Å². The van der Waals surface area contributed by atoms with E-state index in [9.17, 15) is 38.4 Å². The minimum Gasteiger partial charge on any atom is -0.480 e. The van der Waals surface area contributed by atoms with Crippen molar-refractivity contribution in [2.24, 2.45) is 29.4 Å². The summed E-state index contributed by atoms with van der Waals surface area (Å²) in [6.45, 7) is 15.7. The number of rotatable bonds is 32. The number of hydrogen-bond acceptors (Lipinski definition) is 14. The van der Waals surface area contributed by atoms with Gasteiger partial charge in [-0.05, 0) is 81.5 Å². The first-order chi connectivity index (χ1) is 38.1. The van der Waals surface area contributed by atoms with Gasteiger partial charge in [0.1, 0.15) is 18.1 Å². The van der Waals surface area contributed by atoms with Crippen molar-refractivity contribution in [2.45, 2.75) is 179 Å². The van der Waals surface area contributed by atoms with Crippen LogP contribution in [0.15, 0.2) is 30.5 Å². The number of aromatic nitrogens is 1. The number of aliphatic carboxylic acids is 1. The number of amides is 7. The Morgan fingerprint density at radius 2 is 1.62 bits per heavy atom. The number of methoxy groups -OCH3 is 2. The van der Waals surface area contributed by atoms with Crippen LogP contribution in [0, 0.1) is 23.7 Å². The minimum absolute atomic E-state index is 0.0329. The van der Waals surface area contributed by atoms with Gasteiger partial charge in [0.2, 0.25) is 35.4 Å². The van der Waals surface area contributed by atoms with Crippen molar-refractivity contribution in [1.29, 1.82) is 0 Å². The molecule has 0 bridgehead atoms. The molecule has 3 aliphatic heterocycles. The average Bonchev–Trinajstić information content (AvgIpc) is 4.21. The van der Waals surface area contributed by atoms with E-state index in [1.165, 1.54) is 17.1 Å². The third-order valence-electron chi connectivity index (χ3n) is 16.5. The second kappa shape index (κ2) is 31.3. The van der Waals surface area contributed by atoms with Gasteiger partial charge >= 0.3 is 5.97 Å². The summed E-state index contributed by atoms with van der Waals surface area (Å²) >= 11 is 1.10. The Labute approximate surface area is 477 Å². The molecule has 3 aliphatic rings. The van der Waals surface area contributed by atoms with Gasteiger partial charge in [0.25, 0.3) is 5.91 Å². The molecule has 21 nitrogen and oxygen atoms in total. The van der Waals surface area contributed by atoms with E-state index in [4.69, 9.17) is 25.2 Å². The molecule has 3 saturated heterocycles. The van der Waals surface area contributed by atoms with Gasteiger partial charge in [0.05, 0.1) is 54.5 Å². The zero-order valence-electron chi connectivity index (χ0n) is 49.3. The number of hydroxylamine groups is 2. The second-order valence-electron chi connectivity index (χ2n) is 22.9. The molecule has 2 aromatic rings. The lowest BCUT2D eigenvalue weighted by molar-refractivity contribution is -0.199. The number of unbranched alkanes of at least 4 members (excludes halogenated alkanes) is 3. The van der Waals surface area contributed by atoms with Crippen LogP contribution >= 0.6 is 11.8 Å². The first kappa shape index (κ1) is 65.7. The van der Waals surface area contributed by atoms with Crippen molar-refractivity contribution in [2.75, 3.05) is 66.9 Å². The molecule has 5 rings (SSSR count). The summed E-state index contributed by atoms with van der Waals surface area (Å²) in [7, 11) is 6.68. The zero-order valence-corrected chi connectivity index (χ0v) is 50.1. The highest BCUT2D eigenvalue weighted by molar-refractivity contribution is 8.00. The molecule has 22 heteroatoms. The third-order valence-corrected chi connectivity index (χ3v) is 17.8. The number of likely N-dealkylation sites (N-methyl/N-ethyl adjacent to an activating group) is 2. The molecule has 3 fully saturated rings. The quantitative estimate of drug-likeness (QED) is 0.0495. The number of fused-ring (bicyclic) bond motifs is 1. The number of aromatic amines is 1. The number of carboxylic acids is 1. The van der Waals surface area contributed by atoms with E-state index in [2.05, 4.69) is 15.6 Å². The number of ether oxygens (including phenoxy) is 2. The third kappa shape index (κ3) is 17.0. The fraction of sp³-hybridized carbons (Fsp3) is 0.724. The maximum atomic E-state index is 14.8. The molecular formula is C58H93N9O12S. The van der Waals surface area contributed by atoms with Crippen molar-refractivity contribution >= 4 is 70.0 Å². The Hall–Kier alpha value is -5.13. The number of likely N-dealkylation sites (tertiary alicyclic amines) is 2. The summed E-state index contributed by atoms with van der Waals surface area (Å²) in [6, 6.07) is 3.34. The number of para-hydroxylation sites is 1. The van der Waals surface area contributed by atoms with Gasteiger partial charge in [0, 0.05) is 76.6 Å². The number of thioether (sulfide) groups is 1. The average molecular weight is 1140 g/mol. The Bertz CT molecular complexity index is 2400. The molecule has 1 aromatic heterocycles. The summed E-state index contributed by atoms with van der Waals surface area (Å²) in [5, 5.41) is 16.9. The van der Waals surface area contributed by atoms with E-state index in [-0.39, 0.29) is 90.7 Å². The highest BCUT2D eigenvalue weighted by Gasteiger charge is 2.44. The van der Waals surface area contributed by atoms with Crippen molar-refractivity contribution < 1.29 is 57.8 Å². The van der Waals surface area contributed by atoms with Crippen LogP contribution in [-0.2, 0) is 59.1 Å². The number of nitrogens with two attached hydrogens (primary N) is 1. The van der Waals surface area contributed by atoms with Crippen molar-refractivity contribution in [3.8, 4) is 0 Å². The number of carbonyl (C=O) groups is 8. The van der Waals surface area contributed by atoms with Crippen LogP contribution in [-0.4, -0.2) is 203 Å². The summed E-state index contributed by atoms with van der Waals surface area (Å²) < 4.78 is 12.2. The Morgan fingerprint density at radius 3 is 2.26 bits per heavy atom. The van der Waals surface area contributed by atoms with Gasteiger partial charge in [-0.25, -0.2) is 5.06 Å². The smallest absolute Gasteiger partial charge is 0.321 e. The van der Waals surface area contributed by atoms with Gasteiger partial charge in [-0.3, -0.25) is 53.0 Å². The van der Waals surface area contributed by atoms with E-state index in [0.29, 0.717) is 51.9 Å². The minimum atomic E-state index is -1.15. The summed E-state index contributed by atoms with van der Waals surface area (Å²) in [6.07, 6.45) is 7.17. The fourth-order valence-electron chi connectivity index (χ4n) is 11.7. The summed E-state index contributed by atoms with van der Waals surface area (Å²) in [5.41, 5.74) is 7.39. The number of nitrogens with one attached hydrogen (secondary N) is 3. The molecule has 0 aliphatic carbocycles. The molecule has 6 N–H and O–H groups in total. The number of carboxylic acid groups (broad SMARTS) is 1. The van der Waals surface area contributed by atoms with Crippen molar-refractivity contribution in [3.05, 3.63) is 36.0 Å². The molecule has 0 spiro atoms. The molecule has 7 amide bonds. The van der Waals surface area contributed by atoms with E-state index in [0.717, 1.165) is 60.3 Å². The maximum Gasteiger partial charge on any atom is 0.321 e. The first-order valence-electron chi connectivity index (χ1n) is 28.9. The molecular weight excluding hydrogens is 1050 g/mol. The molecule has 11 atom stereocenters. The topological polar surface area (TPSA) is 267 Å². The highest BCUT2D eigenvalue weighted by atomic mass is 32.2. The van der Waals surface area contributed by atoms with Crippen LogP contribution in [0.2, 0.25) is 0 Å². The predicted molar refractivity (Wildman–Crippen MR) is 307 cm³/mol. The number of nitrogens with zero attached hydrogens (tertiary/aromatic N) is 5. The van der Waals surface area contributed by atoms with Gasteiger partial charge in [-0.2, -0.15) is 0 Å². The standard InChI is InChI=1S/C58H93N9O12S/c1-12-37(6)51(64(9)57(74)49(35(2)3)62-54(71)50(36(4)5)63(8)25-17-13-14-18-26-66-48(69)32-46(56(66)73)80-34-41(59)58(75)76)45(77-10)31-47(68)65-27-21-24-44(65)52(78-11)38(7)53(70)61-43(55(72)67-28-19-20-29-79-67)30-39-33-60-42-23-16-15-22-40(39)42/h15-16,22-23,33,35-38,41,43-46,49-52,60H,12-14,17-21,24-32,34,59H2,1-11H3,(H,61,70)(H,62,71)(H,75,76)/t37-,38+,41-,43-,44-,45+,46?,49-,50-,51-,52+/m0/s1. The highest BCUT2D eigenvalue weighted by Crippen LogP contribution is 2.31. The number of imide groups is 1. The first-order valence-corrected chi connectivity index (χ1v) is 30.0. The molecule has 1 unspecified atom stereocenters. The second-order valence-corrected chi connectivity index (χ2v) is 24.1. The number of H-pyrrole nitrogens is 1. The van der Waals surface area contributed by atoms with Crippen LogP contribution in [0.4, 0.5) is 0 Å². The molecule has 80 heavy (non-hydrogen) atoms. The number of hydrogen-bond donors (Lipinski definition) is 5. The summed E-state index contributed by atoms with van der Waals surface area (Å²) in [5.74, 6) is -4.41. The molecule has 4 heterocycles. The predicted octanol–water partition coefficient (Wildman–Crippen LogP) is 4.60. The van der Waals surface area contributed by atoms with E-state index in [1.807, 2.05) is 84.0 Å². The van der Waals surface area contributed by atoms with Gasteiger partial charge in [-0.1, -0.05) is 85.9 Å². The van der Waals surface area contributed by atoms with Crippen molar-refractivity contribution in [1.82, 2.24) is 40.3 Å². The molecule has 0 saturated carbocycles. The largest absolute Gasteiger partial charge is 0.480 e. The lowest BCUT2D eigenvalue weighted by Crippen LogP contribution is -2.60. The lowest BCUT2D eigenvalue weighted by Gasteiger charge is -2.41. The lowest BCUT2D eigenvalue weighted by atomic mass is 9.89. The SMILES string of the molecule is CC[C@H](C)[C@@H]([C@@H](CC(=O)N1CCC[C@H]1[C@H](OC)[C@@H](C)C(=O)N[C@@H](Cc1c[nH]c2ccccc12)C(=O)N1CCCCO1)OC)N(C)C(=O)[C@@H](NC(=O)[C@H](C(C)C)N(C)CCCCCCN1C(=O)CC(SC[C@H](N)C(=O)O)C1=O)C(C)C. The Balaban J connectivity index is 1.19. The van der Waals surface area contributed by atoms with Crippen LogP contribution in [0.25, 0.3) is 10.9 Å². The molecule has 448 valence electrons. The van der Waals surface area contributed by atoms with Crippen LogP contribution in [0.5, 0.6) is 0 Å². The normalized spacial score (nSPS) is 20.4. The maximum absolute atomic E-state index is 14.8. The Morgan fingerprint density at radius 1 is 0.912 bits per heavy atom. The summed E-state index contributed by atoms with van der Waals surface area (Å²) in [4.78, 5) is 124. The number of carbonyl (C=O) groups excluding carboxylic acids is 7. The molecule has 0 radical (unpaired) electrons. The van der Waals surface area contributed by atoms with Gasteiger partial charge < -0.3 is 45.7 Å². The van der Waals surface area contributed by atoms with Crippen LogP contribution in [0.1, 0.15) is 125 Å². The Kier molecular flexibility index (Phi) is 25.7. The monoisotopic (exact) mass is 1140 g/mol. The number of benzene rings is 1. The zero-order chi connectivity index (χ0) is 59.0. The fourth-order valence-corrected chi connectivity index (χ4v) is 12.8. The van der Waals surface area contributed by atoms with E-state index in [1.54, 1.807) is 30.9 Å².